The number of methoxy groups -OCH3 is 1. The van der Waals surface area contributed by atoms with Gasteiger partial charge in [-0.05, 0) is 17.7 Å². The SMILES string of the molecule is COc1ccc(CC(=O)OCCN2CCNCC2)cc1. The van der Waals surface area contributed by atoms with Crippen molar-refractivity contribution in [2.24, 2.45) is 0 Å². The molecule has 0 spiro atoms. The van der Waals surface area contributed by atoms with E-state index in [-0.39, 0.29) is 5.97 Å². The average molecular weight is 278 g/mol. The van der Waals surface area contributed by atoms with E-state index in [4.69, 9.17) is 9.47 Å². The highest BCUT2D eigenvalue weighted by atomic mass is 16.5. The molecule has 0 bridgehead atoms. The van der Waals surface area contributed by atoms with Gasteiger partial charge in [-0.1, -0.05) is 12.1 Å². The van der Waals surface area contributed by atoms with E-state index < -0.39 is 0 Å². The third-order valence-corrected chi connectivity index (χ3v) is 3.39. The van der Waals surface area contributed by atoms with Crippen LogP contribution < -0.4 is 10.1 Å². The van der Waals surface area contributed by atoms with Crippen molar-refractivity contribution in [2.45, 2.75) is 6.42 Å². The predicted molar refractivity (Wildman–Crippen MR) is 77.0 cm³/mol. The molecule has 0 amide bonds. The molecule has 0 unspecified atom stereocenters. The molecule has 5 heteroatoms. The summed E-state index contributed by atoms with van der Waals surface area (Å²) >= 11 is 0. The van der Waals surface area contributed by atoms with Crippen LogP contribution in [0.2, 0.25) is 0 Å². The normalized spacial score (nSPS) is 15.8. The van der Waals surface area contributed by atoms with Crippen molar-refractivity contribution in [1.82, 2.24) is 10.2 Å². The minimum absolute atomic E-state index is 0.176. The van der Waals surface area contributed by atoms with E-state index in [0.717, 1.165) is 44.0 Å². The molecule has 1 saturated heterocycles. The number of piperazine rings is 1. The lowest BCUT2D eigenvalue weighted by Gasteiger charge is -2.26. The van der Waals surface area contributed by atoms with E-state index >= 15 is 0 Å². The number of nitrogens with zero attached hydrogens (tertiary/aromatic N) is 1. The molecular weight excluding hydrogens is 256 g/mol. The predicted octanol–water partition coefficient (Wildman–Crippen LogP) is 0.686. The van der Waals surface area contributed by atoms with Gasteiger partial charge in [0.25, 0.3) is 0 Å². The number of carbonyl (C=O) groups is 1. The first-order valence-corrected chi connectivity index (χ1v) is 6.99. The standard InChI is InChI=1S/C15H22N2O3/c1-19-14-4-2-13(3-5-14)12-15(18)20-11-10-17-8-6-16-7-9-17/h2-5,16H,6-12H2,1H3. The fourth-order valence-corrected chi connectivity index (χ4v) is 2.18. The van der Waals surface area contributed by atoms with Gasteiger partial charge in [-0.15, -0.1) is 0 Å². The number of benzene rings is 1. The molecule has 0 radical (unpaired) electrons. The van der Waals surface area contributed by atoms with Crippen LogP contribution in [-0.4, -0.2) is 57.3 Å². The molecule has 0 aliphatic carbocycles. The fourth-order valence-electron chi connectivity index (χ4n) is 2.18. The molecule has 1 fully saturated rings. The first-order chi connectivity index (χ1) is 9.78. The largest absolute Gasteiger partial charge is 0.497 e. The summed E-state index contributed by atoms with van der Waals surface area (Å²) in [6.07, 6.45) is 0.311. The Labute approximate surface area is 119 Å². The molecule has 2 rings (SSSR count). The number of carbonyl (C=O) groups excluding carboxylic acids is 1. The van der Waals surface area contributed by atoms with E-state index in [9.17, 15) is 4.79 Å². The van der Waals surface area contributed by atoms with Gasteiger partial charge in [-0.3, -0.25) is 9.69 Å². The van der Waals surface area contributed by atoms with Crippen LogP contribution in [0.15, 0.2) is 24.3 Å². The van der Waals surface area contributed by atoms with Crippen molar-refractivity contribution in [2.75, 3.05) is 46.4 Å². The number of hydrogen-bond acceptors (Lipinski definition) is 5. The second-order valence-corrected chi connectivity index (χ2v) is 4.84. The molecule has 1 aromatic rings. The molecular formula is C15H22N2O3. The van der Waals surface area contributed by atoms with Crippen LogP contribution in [0.4, 0.5) is 0 Å². The van der Waals surface area contributed by atoms with Crippen molar-refractivity contribution >= 4 is 5.97 Å². The quantitative estimate of drug-likeness (QED) is 0.776. The summed E-state index contributed by atoms with van der Waals surface area (Å²) in [4.78, 5) is 14.0. The number of hydrogen-bond donors (Lipinski definition) is 1. The molecule has 1 aliphatic rings. The van der Waals surface area contributed by atoms with Gasteiger partial charge in [0.2, 0.25) is 0 Å². The average Bonchev–Trinajstić information content (AvgIpc) is 2.49. The third-order valence-electron chi connectivity index (χ3n) is 3.39. The first-order valence-electron chi connectivity index (χ1n) is 6.99. The Morgan fingerprint density at radius 3 is 2.60 bits per heavy atom. The van der Waals surface area contributed by atoms with Crippen LogP contribution in [0.5, 0.6) is 5.75 Å². The summed E-state index contributed by atoms with van der Waals surface area (Å²) in [6.45, 7) is 5.36. The lowest BCUT2D eigenvalue weighted by Crippen LogP contribution is -2.44. The zero-order valence-corrected chi connectivity index (χ0v) is 11.9. The summed E-state index contributed by atoms with van der Waals surface area (Å²) in [7, 11) is 1.62. The van der Waals surface area contributed by atoms with Crippen LogP contribution in [0.3, 0.4) is 0 Å². The smallest absolute Gasteiger partial charge is 0.310 e. The van der Waals surface area contributed by atoms with Crippen molar-refractivity contribution in [3.63, 3.8) is 0 Å². The van der Waals surface area contributed by atoms with Crippen molar-refractivity contribution in [3.8, 4) is 5.75 Å². The second kappa shape index (κ2) is 7.87. The Hall–Kier alpha value is -1.59. The molecule has 0 atom stereocenters. The van der Waals surface area contributed by atoms with Gasteiger partial charge in [0.05, 0.1) is 13.5 Å². The molecule has 1 aromatic carbocycles. The lowest BCUT2D eigenvalue weighted by atomic mass is 10.1. The first kappa shape index (κ1) is 14.8. The Bertz CT molecular complexity index is 414. The molecule has 0 aromatic heterocycles. The van der Waals surface area contributed by atoms with Gasteiger partial charge in [0.1, 0.15) is 12.4 Å². The molecule has 5 nitrogen and oxygen atoms in total. The van der Waals surface area contributed by atoms with Crippen LogP contribution in [0.25, 0.3) is 0 Å². The Kier molecular flexibility index (Phi) is 5.83. The fraction of sp³-hybridized carbons (Fsp3) is 0.533. The van der Waals surface area contributed by atoms with Gasteiger partial charge in [-0.2, -0.15) is 0 Å². The van der Waals surface area contributed by atoms with Gasteiger partial charge in [0, 0.05) is 32.7 Å². The summed E-state index contributed by atoms with van der Waals surface area (Å²) < 4.78 is 10.4. The van der Waals surface area contributed by atoms with E-state index in [2.05, 4.69) is 10.2 Å². The number of rotatable bonds is 6. The van der Waals surface area contributed by atoms with Gasteiger partial charge in [0.15, 0.2) is 0 Å². The number of esters is 1. The van der Waals surface area contributed by atoms with E-state index in [1.807, 2.05) is 24.3 Å². The van der Waals surface area contributed by atoms with Crippen molar-refractivity contribution < 1.29 is 14.3 Å². The van der Waals surface area contributed by atoms with Crippen molar-refractivity contribution in [3.05, 3.63) is 29.8 Å². The van der Waals surface area contributed by atoms with Crippen LogP contribution >= 0.6 is 0 Å². The summed E-state index contributed by atoms with van der Waals surface area (Å²) in [5.74, 6) is 0.617. The monoisotopic (exact) mass is 278 g/mol. The maximum atomic E-state index is 11.7. The second-order valence-electron chi connectivity index (χ2n) is 4.84. The highest BCUT2D eigenvalue weighted by molar-refractivity contribution is 5.72. The van der Waals surface area contributed by atoms with Gasteiger partial charge < -0.3 is 14.8 Å². The maximum absolute atomic E-state index is 11.7. The molecule has 0 saturated carbocycles. The minimum atomic E-state index is -0.176. The highest BCUT2D eigenvalue weighted by Gasteiger charge is 2.10. The topological polar surface area (TPSA) is 50.8 Å². The number of ether oxygens (including phenoxy) is 2. The highest BCUT2D eigenvalue weighted by Crippen LogP contribution is 2.11. The Balaban J connectivity index is 1.66. The van der Waals surface area contributed by atoms with Crippen LogP contribution in [0, 0.1) is 0 Å². The zero-order valence-electron chi connectivity index (χ0n) is 11.9. The van der Waals surface area contributed by atoms with E-state index in [1.54, 1.807) is 7.11 Å². The van der Waals surface area contributed by atoms with E-state index in [0.29, 0.717) is 13.0 Å². The Morgan fingerprint density at radius 2 is 1.95 bits per heavy atom. The number of nitrogens with one attached hydrogen (secondary N) is 1. The van der Waals surface area contributed by atoms with E-state index in [1.165, 1.54) is 0 Å². The molecule has 1 heterocycles. The van der Waals surface area contributed by atoms with Gasteiger partial charge >= 0.3 is 5.97 Å². The lowest BCUT2D eigenvalue weighted by molar-refractivity contribution is -0.143. The summed E-state index contributed by atoms with van der Waals surface area (Å²) in [6, 6.07) is 7.47. The van der Waals surface area contributed by atoms with Crippen molar-refractivity contribution in [1.29, 1.82) is 0 Å². The summed E-state index contributed by atoms with van der Waals surface area (Å²) in [5.41, 5.74) is 0.943. The van der Waals surface area contributed by atoms with Gasteiger partial charge in [-0.25, -0.2) is 0 Å². The third kappa shape index (κ3) is 4.83. The molecule has 20 heavy (non-hydrogen) atoms. The zero-order chi connectivity index (χ0) is 14.2. The van der Waals surface area contributed by atoms with Crippen LogP contribution in [-0.2, 0) is 16.0 Å². The molecule has 1 aliphatic heterocycles. The summed E-state index contributed by atoms with van der Waals surface area (Å²) in [5, 5.41) is 3.30. The maximum Gasteiger partial charge on any atom is 0.310 e. The minimum Gasteiger partial charge on any atom is -0.497 e. The molecule has 110 valence electrons. The molecule has 1 N–H and O–H groups in total. The Morgan fingerprint density at radius 1 is 1.25 bits per heavy atom. The van der Waals surface area contributed by atoms with Crippen LogP contribution in [0.1, 0.15) is 5.56 Å².